The highest BCUT2D eigenvalue weighted by Crippen LogP contribution is 2.24. The Morgan fingerprint density at radius 1 is 1.09 bits per heavy atom. The van der Waals surface area contributed by atoms with Crippen LogP contribution in [0.5, 0.6) is 5.75 Å². The van der Waals surface area contributed by atoms with Gasteiger partial charge in [-0.2, -0.15) is 0 Å². The van der Waals surface area contributed by atoms with E-state index in [4.69, 9.17) is 0 Å². The summed E-state index contributed by atoms with van der Waals surface area (Å²) in [7, 11) is -3.96. The summed E-state index contributed by atoms with van der Waals surface area (Å²) < 4.78 is 67.2. The van der Waals surface area contributed by atoms with Gasteiger partial charge >= 0.3 is 6.36 Å². The molecular formula is C23H28F3N3O4S. The topological polar surface area (TPSA) is 87.7 Å². The number of hydrogen-bond acceptors (Lipinski definition) is 5. The van der Waals surface area contributed by atoms with E-state index < -0.39 is 22.1 Å². The van der Waals surface area contributed by atoms with Crippen molar-refractivity contribution in [2.75, 3.05) is 26.2 Å². The van der Waals surface area contributed by atoms with Crippen LogP contribution < -0.4 is 14.8 Å². The second-order valence-electron chi connectivity index (χ2n) is 8.20. The Labute approximate surface area is 197 Å². The molecule has 7 nitrogen and oxygen atoms in total. The summed E-state index contributed by atoms with van der Waals surface area (Å²) in [5.41, 5.74) is 1.25. The number of nitrogens with one attached hydrogen (secondary N) is 2. The van der Waals surface area contributed by atoms with E-state index in [1.165, 1.54) is 5.56 Å². The van der Waals surface area contributed by atoms with Crippen molar-refractivity contribution < 1.29 is 31.1 Å². The molecule has 0 aromatic heterocycles. The number of benzene rings is 2. The van der Waals surface area contributed by atoms with Crippen molar-refractivity contribution in [2.45, 2.75) is 37.1 Å². The van der Waals surface area contributed by atoms with Crippen LogP contribution in [0.15, 0.2) is 59.5 Å². The highest BCUT2D eigenvalue weighted by molar-refractivity contribution is 7.89. The number of likely N-dealkylation sites (tertiary alicyclic amines) is 1. The third-order valence-corrected chi connectivity index (χ3v) is 6.93. The Balaban J connectivity index is 1.38. The lowest BCUT2D eigenvalue weighted by Gasteiger charge is -2.32. The average molecular weight is 500 g/mol. The third-order valence-electron chi connectivity index (χ3n) is 5.45. The molecule has 1 aliphatic rings. The van der Waals surface area contributed by atoms with Crippen LogP contribution in [0.4, 0.5) is 13.2 Å². The van der Waals surface area contributed by atoms with Crippen molar-refractivity contribution in [3.63, 3.8) is 0 Å². The molecule has 0 spiro atoms. The summed E-state index contributed by atoms with van der Waals surface area (Å²) in [6.07, 6.45) is -2.83. The Bertz CT molecular complexity index is 1030. The number of ether oxygens (including phenoxy) is 1. The van der Waals surface area contributed by atoms with Gasteiger partial charge in [-0.1, -0.05) is 30.3 Å². The SMILES string of the molecule is O=C(CCNS(=O)(=O)c1ccc(OC(F)(F)F)cc1)NCC1CCCN(Cc2ccccc2)C1. The van der Waals surface area contributed by atoms with Gasteiger partial charge in [0.05, 0.1) is 4.90 Å². The first-order valence-corrected chi connectivity index (χ1v) is 12.5. The molecule has 34 heavy (non-hydrogen) atoms. The number of hydrogen-bond donors (Lipinski definition) is 2. The molecule has 1 saturated heterocycles. The van der Waals surface area contributed by atoms with Crippen LogP contribution in [0, 0.1) is 5.92 Å². The number of carbonyl (C=O) groups excluding carboxylic acids is 1. The van der Waals surface area contributed by atoms with Crippen molar-refractivity contribution in [3.05, 3.63) is 60.2 Å². The number of piperidine rings is 1. The second-order valence-corrected chi connectivity index (χ2v) is 9.97. The van der Waals surface area contributed by atoms with Gasteiger partial charge < -0.3 is 10.1 Å². The largest absolute Gasteiger partial charge is 0.573 e. The molecule has 0 radical (unpaired) electrons. The van der Waals surface area contributed by atoms with Crippen LogP contribution in [0.1, 0.15) is 24.8 Å². The minimum absolute atomic E-state index is 0.0467. The first-order chi connectivity index (χ1) is 16.1. The standard InChI is InChI=1S/C23H28F3N3O4S/c24-23(25,26)33-20-8-10-21(11-9-20)34(31,32)28-13-12-22(30)27-15-19-7-4-14-29(17-19)16-18-5-2-1-3-6-18/h1-3,5-6,8-11,19,28H,4,7,12-17H2,(H,27,30). The van der Waals surface area contributed by atoms with Crippen molar-refractivity contribution in [2.24, 2.45) is 5.92 Å². The summed E-state index contributed by atoms with van der Waals surface area (Å²) >= 11 is 0. The third kappa shape index (κ3) is 8.62. The molecule has 1 fully saturated rings. The minimum Gasteiger partial charge on any atom is -0.406 e. The Morgan fingerprint density at radius 2 is 1.79 bits per heavy atom. The monoisotopic (exact) mass is 499 g/mol. The lowest BCUT2D eigenvalue weighted by molar-refractivity contribution is -0.274. The molecule has 2 aromatic carbocycles. The van der Waals surface area contributed by atoms with Crippen molar-refractivity contribution in [1.29, 1.82) is 0 Å². The first-order valence-electron chi connectivity index (χ1n) is 11.0. The number of carbonyl (C=O) groups is 1. The van der Waals surface area contributed by atoms with E-state index in [2.05, 4.69) is 31.8 Å². The van der Waals surface area contributed by atoms with Gasteiger partial charge in [0.1, 0.15) is 5.75 Å². The zero-order valence-corrected chi connectivity index (χ0v) is 19.4. The van der Waals surface area contributed by atoms with Gasteiger partial charge in [0.2, 0.25) is 15.9 Å². The Morgan fingerprint density at radius 3 is 2.47 bits per heavy atom. The van der Waals surface area contributed by atoms with Crippen molar-refractivity contribution in [1.82, 2.24) is 14.9 Å². The predicted molar refractivity (Wildman–Crippen MR) is 120 cm³/mol. The molecule has 1 amide bonds. The average Bonchev–Trinajstić information content (AvgIpc) is 2.78. The van der Waals surface area contributed by atoms with Crippen molar-refractivity contribution >= 4 is 15.9 Å². The fraction of sp³-hybridized carbons (Fsp3) is 0.435. The van der Waals surface area contributed by atoms with Gasteiger partial charge in [0.25, 0.3) is 0 Å². The summed E-state index contributed by atoms with van der Waals surface area (Å²) in [6.45, 7) is 3.17. The molecule has 2 aromatic rings. The first kappa shape index (κ1) is 26.0. The van der Waals surface area contributed by atoms with E-state index >= 15 is 0 Å². The zero-order valence-electron chi connectivity index (χ0n) is 18.6. The van der Waals surface area contributed by atoms with E-state index in [-0.39, 0.29) is 23.8 Å². The minimum atomic E-state index is -4.86. The highest BCUT2D eigenvalue weighted by atomic mass is 32.2. The molecule has 2 N–H and O–H groups in total. The zero-order chi connectivity index (χ0) is 24.6. The molecule has 1 unspecified atom stereocenters. The Kier molecular flexibility index (Phi) is 8.92. The molecule has 0 bridgehead atoms. The smallest absolute Gasteiger partial charge is 0.406 e. The molecule has 1 heterocycles. The van der Waals surface area contributed by atoms with Crippen LogP contribution in [-0.2, 0) is 21.4 Å². The molecule has 186 valence electrons. The van der Waals surface area contributed by atoms with Gasteiger partial charge in [-0.15, -0.1) is 13.2 Å². The number of alkyl halides is 3. The molecule has 3 rings (SSSR count). The maximum Gasteiger partial charge on any atom is 0.573 e. The summed E-state index contributed by atoms with van der Waals surface area (Å²) in [6, 6.07) is 14.1. The molecule has 0 aliphatic carbocycles. The van der Waals surface area contributed by atoms with E-state index in [9.17, 15) is 26.4 Å². The number of halogens is 3. The van der Waals surface area contributed by atoms with E-state index in [0.717, 1.165) is 56.7 Å². The summed E-state index contributed by atoms with van der Waals surface area (Å²) in [5, 5.41) is 2.87. The van der Waals surface area contributed by atoms with E-state index in [1.54, 1.807) is 0 Å². The second kappa shape index (κ2) is 11.7. The molecule has 1 atom stereocenters. The van der Waals surface area contributed by atoms with Crippen LogP contribution in [-0.4, -0.2) is 51.8 Å². The number of amides is 1. The molecule has 11 heteroatoms. The lowest BCUT2D eigenvalue weighted by atomic mass is 9.97. The number of sulfonamides is 1. The highest BCUT2D eigenvalue weighted by Gasteiger charge is 2.31. The van der Waals surface area contributed by atoms with Gasteiger partial charge in [-0.3, -0.25) is 9.69 Å². The van der Waals surface area contributed by atoms with Gasteiger partial charge in [0, 0.05) is 32.6 Å². The van der Waals surface area contributed by atoms with Gasteiger partial charge in [0.15, 0.2) is 0 Å². The van der Waals surface area contributed by atoms with Crippen molar-refractivity contribution in [3.8, 4) is 5.75 Å². The normalized spacial score (nSPS) is 17.3. The van der Waals surface area contributed by atoms with E-state index in [1.807, 2.05) is 18.2 Å². The van der Waals surface area contributed by atoms with Gasteiger partial charge in [-0.05, 0) is 55.1 Å². The fourth-order valence-electron chi connectivity index (χ4n) is 3.85. The molecular weight excluding hydrogens is 471 g/mol. The quantitative estimate of drug-likeness (QED) is 0.524. The van der Waals surface area contributed by atoms with E-state index in [0.29, 0.717) is 12.5 Å². The fourth-order valence-corrected chi connectivity index (χ4v) is 4.88. The van der Waals surface area contributed by atoms with Crippen LogP contribution in [0.25, 0.3) is 0 Å². The number of rotatable bonds is 10. The number of nitrogens with zero attached hydrogens (tertiary/aromatic N) is 1. The lowest BCUT2D eigenvalue weighted by Crippen LogP contribution is -2.41. The maximum absolute atomic E-state index is 12.3. The maximum atomic E-state index is 12.3. The predicted octanol–water partition coefficient (Wildman–Crippen LogP) is 3.28. The molecule has 1 aliphatic heterocycles. The summed E-state index contributed by atoms with van der Waals surface area (Å²) in [4.78, 5) is 14.3. The molecule has 0 saturated carbocycles. The van der Waals surface area contributed by atoms with Crippen LogP contribution in [0.2, 0.25) is 0 Å². The summed E-state index contributed by atoms with van der Waals surface area (Å²) in [5.74, 6) is -0.455. The Hall–Kier alpha value is -2.63. The van der Waals surface area contributed by atoms with Crippen LogP contribution in [0.3, 0.4) is 0 Å². The van der Waals surface area contributed by atoms with Crippen LogP contribution >= 0.6 is 0 Å². The van der Waals surface area contributed by atoms with Gasteiger partial charge in [-0.25, -0.2) is 13.1 Å².